The molecule has 0 unspecified atom stereocenters. The first-order valence-electron chi connectivity index (χ1n) is 8.10. The quantitative estimate of drug-likeness (QED) is 0.844. The molecule has 0 aliphatic carbocycles. The highest BCUT2D eigenvalue weighted by Gasteiger charge is 2.25. The molecule has 0 N–H and O–H groups in total. The predicted molar refractivity (Wildman–Crippen MR) is 94.0 cm³/mol. The molecule has 0 radical (unpaired) electrons. The van der Waals surface area contributed by atoms with E-state index in [0.29, 0.717) is 42.3 Å². The van der Waals surface area contributed by atoms with Crippen molar-refractivity contribution in [2.24, 2.45) is 0 Å². The van der Waals surface area contributed by atoms with Crippen LogP contribution in [0.15, 0.2) is 48.5 Å². The Morgan fingerprint density at radius 2 is 1.64 bits per heavy atom. The second kappa shape index (κ2) is 7.66. The molecule has 2 aromatic rings. The summed E-state index contributed by atoms with van der Waals surface area (Å²) in [5.74, 6) is -0.589. The molecule has 0 atom stereocenters. The summed E-state index contributed by atoms with van der Waals surface area (Å²) in [4.78, 5) is 28.2. The summed E-state index contributed by atoms with van der Waals surface area (Å²) in [5.41, 5.74) is 0.934. The number of piperazine rings is 1. The van der Waals surface area contributed by atoms with Gasteiger partial charge in [-0.25, -0.2) is 4.39 Å². The van der Waals surface area contributed by atoms with E-state index < -0.39 is 0 Å². The number of carbonyl (C=O) groups excluding carboxylic acids is 2. The van der Waals surface area contributed by atoms with E-state index in [4.69, 9.17) is 11.6 Å². The molecule has 2 aromatic carbocycles. The van der Waals surface area contributed by atoms with Gasteiger partial charge in [0.15, 0.2) is 0 Å². The van der Waals surface area contributed by atoms with Crippen LogP contribution in [0.25, 0.3) is 0 Å². The van der Waals surface area contributed by atoms with E-state index in [-0.39, 0.29) is 24.1 Å². The van der Waals surface area contributed by atoms with Crippen LogP contribution >= 0.6 is 11.6 Å². The number of hydrogen-bond donors (Lipinski definition) is 0. The van der Waals surface area contributed by atoms with Crippen LogP contribution in [0, 0.1) is 5.82 Å². The number of carbonyl (C=O) groups is 2. The maximum absolute atomic E-state index is 13.7. The zero-order chi connectivity index (χ0) is 17.8. The van der Waals surface area contributed by atoms with E-state index in [1.54, 1.807) is 52.3 Å². The monoisotopic (exact) mass is 360 g/mol. The van der Waals surface area contributed by atoms with Gasteiger partial charge in [0.25, 0.3) is 5.91 Å². The maximum atomic E-state index is 13.7. The van der Waals surface area contributed by atoms with Gasteiger partial charge < -0.3 is 9.80 Å². The molecule has 130 valence electrons. The Kier molecular flexibility index (Phi) is 5.34. The average molecular weight is 361 g/mol. The van der Waals surface area contributed by atoms with E-state index in [9.17, 15) is 14.0 Å². The molecule has 25 heavy (non-hydrogen) atoms. The van der Waals surface area contributed by atoms with Gasteiger partial charge in [-0.3, -0.25) is 9.59 Å². The van der Waals surface area contributed by atoms with Crippen molar-refractivity contribution in [1.82, 2.24) is 9.80 Å². The normalized spacial score (nSPS) is 14.5. The lowest BCUT2D eigenvalue weighted by Crippen LogP contribution is -2.51. The number of halogens is 2. The second-order valence-electron chi connectivity index (χ2n) is 5.95. The molecular weight excluding hydrogens is 343 g/mol. The van der Waals surface area contributed by atoms with Crippen LogP contribution in [0.1, 0.15) is 15.9 Å². The largest absolute Gasteiger partial charge is 0.339 e. The van der Waals surface area contributed by atoms with Gasteiger partial charge in [0.2, 0.25) is 5.91 Å². The zero-order valence-corrected chi connectivity index (χ0v) is 14.4. The van der Waals surface area contributed by atoms with Crippen molar-refractivity contribution in [3.8, 4) is 0 Å². The summed E-state index contributed by atoms with van der Waals surface area (Å²) >= 11 is 5.93. The molecule has 0 spiro atoms. The van der Waals surface area contributed by atoms with Gasteiger partial charge in [0.05, 0.1) is 6.42 Å². The van der Waals surface area contributed by atoms with E-state index in [1.807, 2.05) is 0 Å². The van der Waals surface area contributed by atoms with Gasteiger partial charge in [-0.15, -0.1) is 0 Å². The molecule has 1 saturated heterocycles. The van der Waals surface area contributed by atoms with Crippen molar-refractivity contribution in [2.45, 2.75) is 6.42 Å². The summed E-state index contributed by atoms with van der Waals surface area (Å²) in [6.07, 6.45) is 0.0366. The minimum Gasteiger partial charge on any atom is -0.339 e. The maximum Gasteiger partial charge on any atom is 0.254 e. The summed E-state index contributed by atoms with van der Waals surface area (Å²) in [7, 11) is 0. The SMILES string of the molecule is O=C(Cc1ccccc1F)N1CCN(C(=O)c2cccc(Cl)c2)CC1. The Morgan fingerprint density at radius 1 is 0.960 bits per heavy atom. The van der Waals surface area contributed by atoms with Crippen molar-refractivity contribution in [2.75, 3.05) is 26.2 Å². The molecule has 1 aliphatic rings. The third kappa shape index (κ3) is 4.17. The molecule has 0 bridgehead atoms. The summed E-state index contributed by atoms with van der Waals surface area (Å²) in [5, 5.41) is 0.518. The Morgan fingerprint density at radius 3 is 2.32 bits per heavy atom. The Hall–Kier alpha value is -2.40. The first-order valence-corrected chi connectivity index (χ1v) is 8.48. The first-order chi connectivity index (χ1) is 12.0. The molecule has 4 nitrogen and oxygen atoms in total. The van der Waals surface area contributed by atoms with Crippen molar-refractivity contribution in [1.29, 1.82) is 0 Å². The van der Waals surface area contributed by atoms with Crippen LogP contribution in [-0.2, 0) is 11.2 Å². The standard InChI is InChI=1S/C19H18ClFN2O2/c20-16-6-3-5-15(12-16)19(25)23-10-8-22(9-11-23)18(24)13-14-4-1-2-7-17(14)21/h1-7,12H,8-11,13H2. The highest BCUT2D eigenvalue weighted by atomic mass is 35.5. The van der Waals surface area contributed by atoms with Gasteiger partial charge in [-0.05, 0) is 29.8 Å². The number of hydrogen-bond acceptors (Lipinski definition) is 2. The Labute approximate surface area is 150 Å². The van der Waals surface area contributed by atoms with Crippen LogP contribution in [0.2, 0.25) is 5.02 Å². The molecule has 0 aromatic heterocycles. The number of rotatable bonds is 3. The number of amides is 2. The van der Waals surface area contributed by atoms with E-state index in [2.05, 4.69) is 0 Å². The van der Waals surface area contributed by atoms with Crippen LogP contribution in [0.4, 0.5) is 4.39 Å². The van der Waals surface area contributed by atoms with Gasteiger partial charge in [-0.2, -0.15) is 0 Å². The number of benzene rings is 2. The third-order valence-electron chi connectivity index (χ3n) is 4.29. The fourth-order valence-corrected chi connectivity index (χ4v) is 3.07. The molecular formula is C19H18ClFN2O2. The Bertz CT molecular complexity index is 788. The van der Waals surface area contributed by atoms with Crippen LogP contribution in [-0.4, -0.2) is 47.8 Å². The number of nitrogens with zero attached hydrogens (tertiary/aromatic N) is 2. The smallest absolute Gasteiger partial charge is 0.254 e. The summed E-state index contributed by atoms with van der Waals surface area (Å²) in [6, 6.07) is 13.1. The third-order valence-corrected chi connectivity index (χ3v) is 4.53. The van der Waals surface area contributed by atoms with Crippen LogP contribution < -0.4 is 0 Å². The Balaban J connectivity index is 1.57. The molecule has 0 saturated carbocycles. The fourth-order valence-electron chi connectivity index (χ4n) is 2.88. The topological polar surface area (TPSA) is 40.6 Å². The summed E-state index contributed by atoms with van der Waals surface area (Å²) in [6.45, 7) is 1.79. The van der Waals surface area contributed by atoms with Gasteiger partial charge >= 0.3 is 0 Å². The lowest BCUT2D eigenvalue weighted by molar-refractivity contribution is -0.132. The lowest BCUT2D eigenvalue weighted by atomic mass is 10.1. The van der Waals surface area contributed by atoms with Gasteiger partial charge in [0, 0.05) is 36.8 Å². The van der Waals surface area contributed by atoms with Gasteiger partial charge in [-0.1, -0.05) is 35.9 Å². The van der Waals surface area contributed by atoms with E-state index in [0.717, 1.165) is 0 Å². The first kappa shape index (κ1) is 17.4. The molecule has 1 fully saturated rings. The van der Waals surface area contributed by atoms with Crippen molar-refractivity contribution in [3.63, 3.8) is 0 Å². The average Bonchev–Trinajstić information content (AvgIpc) is 2.63. The van der Waals surface area contributed by atoms with Gasteiger partial charge in [0.1, 0.15) is 5.82 Å². The van der Waals surface area contributed by atoms with Crippen LogP contribution in [0.5, 0.6) is 0 Å². The predicted octanol–water partition coefficient (Wildman–Crippen LogP) is 3.01. The minimum absolute atomic E-state index is 0.0366. The molecule has 3 rings (SSSR count). The fraction of sp³-hybridized carbons (Fsp3) is 0.263. The van der Waals surface area contributed by atoms with Crippen molar-refractivity contribution < 1.29 is 14.0 Å². The molecule has 1 aliphatic heterocycles. The van der Waals surface area contributed by atoms with Crippen molar-refractivity contribution >= 4 is 23.4 Å². The van der Waals surface area contributed by atoms with Crippen molar-refractivity contribution in [3.05, 3.63) is 70.5 Å². The van der Waals surface area contributed by atoms with E-state index >= 15 is 0 Å². The summed E-state index contributed by atoms with van der Waals surface area (Å²) < 4.78 is 13.7. The van der Waals surface area contributed by atoms with Crippen LogP contribution in [0.3, 0.4) is 0 Å². The van der Waals surface area contributed by atoms with E-state index in [1.165, 1.54) is 6.07 Å². The minimum atomic E-state index is -0.370. The molecule has 2 amide bonds. The second-order valence-corrected chi connectivity index (χ2v) is 6.39. The lowest BCUT2D eigenvalue weighted by Gasteiger charge is -2.35. The molecule has 6 heteroatoms. The highest BCUT2D eigenvalue weighted by molar-refractivity contribution is 6.30. The zero-order valence-electron chi connectivity index (χ0n) is 13.6. The highest BCUT2D eigenvalue weighted by Crippen LogP contribution is 2.15. The molecule has 1 heterocycles.